The van der Waals surface area contributed by atoms with Crippen LogP contribution in [0.25, 0.3) is 0 Å². The molecule has 164 valence electrons. The molecule has 0 radical (unpaired) electrons. The first-order valence-electron chi connectivity index (χ1n) is 11.1. The minimum Gasteiger partial charge on any atom is -0.497 e. The Morgan fingerprint density at radius 3 is 2.72 bits per heavy atom. The fourth-order valence-electron chi connectivity index (χ4n) is 4.87. The lowest BCUT2D eigenvalue weighted by Gasteiger charge is -2.49. The highest BCUT2D eigenvalue weighted by Crippen LogP contribution is 2.38. The number of nitrogens with one attached hydrogen (secondary N) is 1. The summed E-state index contributed by atoms with van der Waals surface area (Å²) in [5, 5.41) is 3.19. The molecule has 0 unspecified atom stereocenters. The zero-order valence-corrected chi connectivity index (χ0v) is 18.3. The van der Waals surface area contributed by atoms with Gasteiger partial charge in [0.2, 0.25) is 5.91 Å². The lowest BCUT2D eigenvalue weighted by Crippen LogP contribution is -2.61. The Bertz CT molecular complexity index is 1070. The van der Waals surface area contributed by atoms with Crippen LogP contribution in [0.3, 0.4) is 0 Å². The van der Waals surface area contributed by atoms with Crippen molar-refractivity contribution < 1.29 is 9.53 Å². The number of rotatable bonds is 5. The van der Waals surface area contributed by atoms with E-state index in [1.54, 1.807) is 7.11 Å². The zero-order chi connectivity index (χ0) is 21.9. The number of nitrogens with zero attached hydrogens (tertiary/aromatic N) is 3. The molecule has 2 aliphatic rings. The molecule has 5 rings (SSSR count). The van der Waals surface area contributed by atoms with Gasteiger partial charge in [0.05, 0.1) is 19.1 Å². The van der Waals surface area contributed by atoms with Gasteiger partial charge in [-0.1, -0.05) is 42.5 Å². The van der Waals surface area contributed by atoms with Crippen LogP contribution in [-0.2, 0) is 17.8 Å². The fraction of sp³-hybridized carbons (Fsp3) is 0.308. The zero-order valence-electron chi connectivity index (χ0n) is 18.3. The number of hydrogen-bond acceptors (Lipinski definition) is 5. The molecule has 32 heavy (non-hydrogen) atoms. The Morgan fingerprint density at radius 1 is 1.09 bits per heavy atom. The van der Waals surface area contributed by atoms with Gasteiger partial charge in [0.15, 0.2) is 0 Å². The Balaban J connectivity index is 1.42. The maximum Gasteiger partial charge on any atom is 0.225 e. The van der Waals surface area contributed by atoms with Crippen LogP contribution in [0.5, 0.6) is 5.75 Å². The first-order chi connectivity index (χ1) is 15.7. The number of aromatic nitrogens is 1. The molecule has 2 aromatic carbocycles. The predicted molar refractivity (Wildman–Crippen MR) is 126 cm³/mol. The number of carbonyl (C=O) groups is 1. The third kappa shape index (κ3) is 4.00. The molecular weight excluding hydrogens is 400 g/mol. The first-order valence-corrected chi connectivity index (χ1v) is 11.1. The second-order valence-electron chi connectivity index (χ2n) is 8.40. The molecule has 2 atom stereocenters. The number of carbonyl (C=O) groups excluding carboxylic acids is 1. The molecule has 0 saturated carbocycles. The van der Waals surface area contributed by atoms with Crippen molar-refractivity contribution in [2.75, 3.05) is 36.5 Å². The van der Waals surface area contributed by atoms with Crippen molar-refractivity contribution in [3.63, 3.8) is 0 Å². The number of ether oxygens (including phenoxy) is 1. The van der Waals surface area contributed by atoms with Crippen LogP contribution in [0.1, 0.15) is 11.1 Å². The van der Waals surface area contributed by atoms with Crippen molar-refractivity contribution in [3.8, 4) is 5.75 Å². The van der Waals surface area contributed by atoms with Crippen molar-refractivity contribution in [1.29, 1.82) is 0 Å². The van der Waals surface area contributed by atoms with Crippen molar-refractivity contribution in [2.45, 2.75) is 19.0 Å². The van der Waals surface area contributed by atoms with Gasteiger partial charge in [0.1, 0.15) is 11.6 Å². The van der Waals surface area contributed by atoms with Crippen LogP contribution in [0.15, 0.2) is 72.9 Å². The molecule has 0 bridgehead atoms. The summed E-state index contributed by atoms with van der Waals surface area (Å²) in [5.41, 5.74) is 3.49. The molecule has 1 aromatic heterocycles. The van der Waals surface area contributed by atoms with Gasteiger partial charge >= 0.3 is 0 Å². The summed E-state index contributed by atoms with van der Waals surface area (Å²) in [6.07, 6.45) is 2.55. The minimum atomic E-state index is -0.133. The van der Waals surface area contributed by atoms with E-state index in [2.05, 4.69) is 32.2 Å². The molecule has 0 spiro atoms. The van der Waals surface area contributed by atoms with Gasteiger partial charge in [-0.3, -0.25) is 4.79 Å². The maximum absolute atomic E-state index is 13.4. The normalized spacial score (nSPS) is 19.7. The van der Waals surface area contributed by atoms with Gasteiger partial charge in [-0.25, -0.2) is 4.98 Å². The van der Waals surface area contributed by atoms with E-state index in [1.165, 1.54) is 11.3 Å². The molecule has 3 heterocycles. The summed E-state index contributed by atoms with van der Waals surface area (Å²) in [6, 6.07) is 22.3. The molecule has 1 amide bonds. The molecule has 1 fully saturated rings. The Labute approximate surface area is 188 Å². The summed E-state index contributed by atoms with van der Waals surface area (Å²) in [4.78, 5) is 22.6. The van der Waals surface area contributed by atoms with E-state index in [9.17, 15) is 4.79 Å². The van der Waals surface area contributed by atoms with E-state index in [4.69, 9.17) is 4.74 Å². The van der Waals surface area contributed by atoms with Gasteiger partial charge in [-0.05, 0) is 35.7 Å². The van der Waals surface area contributed by atoms with E-state index in [0.717, 1.165) is 43.2 Å². The minimum absolute atomic E-state index is 0.0705. The summed E-state index contributed by atoms with van der Waals surface area (Å²) in [5.74, 6) is 1.79. The van der Waals surface area contributed by atoms with Crippen LogP contribution in [0.2, 0.25) is 0 Å². The maximum atomic E-state index is 13.4. The number of methoxy groups -OCH3 is 1. The van der Waals surface area contributed by atoms with Crippen LogP contribution in [0, 0.1) is 5.92 Å². The molecule has 6 nitrogen and oxygen atoms in total. The molecule has 3 aromatic rings. The van der Waals surface area contributed by atoms with E-state index < -0.39 is 0 Å². The van der Waals surface area contributed by atoms with Crippen LogP contribution >= 0.6 is 0 Å². The van der Waals surface area contributed by atoms with Crippen LogP contribution in [-0.4, -0.2) is 43.7 Å². The Kier molecular flexibility index (Phi) is 5.67. The van der Waals surface area contributed by atoms with Gasteiger partial charge < -0.3 is 19.9 Å². The summed E-state index contributed by atoms with van der Waals surface area (Å²) >= 11 is 0. The number of piperazine rings is 1. The highest BCUT2D eigenvalue weighted by Gasteiger charge is 2.41. The van der Waals surface area contributed by atoms with E-state index >= 15 is 0 Å². The van der Waals surface area contributed by atoms with Crippen molar-refractivity contribution >= 4 is 17.4 Å². The van der Waals surface area contributed by atoms with Gasteiger partial charge in [0.25, 0.3) is 0 Å². The third-order valence-electron chi connectivity index (χ3n) is 6.54. The van der Waals surface area contributed by atoms with Crippen molar-refractivity contribution in [3.05, 3.63) is 84.1 Å². The van der Waals surface area contributed by atoms with Gasteiger partial charge in [-0.15, -0.1) is 0 Å². The second kappa shape index (κ2) is 8.91. The average molecular weight is 429 g/mol. The van der Waals surface area contributed by atoms with Crippen LogP contribution in [0.4, 0.5) is 11.5 Å². The lowest BCUT2D eigenvalue weighted by atomic mass is 9.83. The lowest BCUT2D eigenvalue weighted by molar-refractivity contribution is -0.126. The molecular formula is C26H28N4O2. The van der Waals surface area contributed by atoms with E-state index in [-0.39, 0.29) is 17.9 Å². The predicted octanol–water partition coefficient (Wildman–Crippen LogP) is 3.27. The fourth-order valence-corrected chi connectivity index (χ4v) is 4.87. The number of fused-ring (bicyclic) bond motifs is 3. The van der Waals surface area contributed by atoms with E-state index in [0.29, 0.717) is 6.54 Å². The van der Waals surface area contributed by atoms with Crippen LogP contribution < -0.4 is 19.9 Å². The molecule has 1 N–H and O–H groups in total. The highest BCUT2D eigenvalue weighted by molar-refractivity contribution is 5.82. The van der Waals surface area contributed by atoms with Gasteiger partial charge in [-0.2, -0.15) is 0 Å². The number of pyridine rings is 1. The quantitative estimate of drug-likeness (QED) is 0.676. The van der Waals surface area contributed by atoms with E-state index in [1.807, 2.05) is 60.8 Å². The van der Waals surface area contributed by atoms with Crippen molar-refractivity contribution in [1.82, 2.24) is 10.3 Å². The SMILES string of the molecule is COc1ccc2c(c1)N1CCN(c3ccccn3)C[C@@H]1[C@@H](C(=O)NCc1ccccc1)C2. The highest BCUT2D eigenvalue weighted by atomic mass is 16.5. The number of benzene rings is 2. The summed E-state index contributed by atoms with van der Waals surface area (Å²) < 4.78 is 5.49. The van der Waals surface area contributed by atoms with Crippen molar-refractivity contribution in [2.24, 2.45) is 5.92 Å². The standard InChI is InChI=1S/C26H28N4O2/c1-32-21-11-10-20-15-22(26(31)28-17-19-7-3-2-4-8-19)24-18-29(25-9-5-6-12-27-25)13-14-30(24)23(20)16-21/h2-12,16,22,24H,13-15,17-18H2,1H3,(H,28,31)/t22-,24+/m0/s1. The summed E-state index contributed by atoms with van der Waals surface area (Å²) in [6.45, 7) is 3.01. The molecule has 6 heteroatoms. The number of anilines is 2. The summed E-state index contributed by atoms with van der Waals surface area (Å²) in [7, 11) is 1.70. The third-order valence-corrected chi connectivity index (χ3v) is 6.54. The average Bonchev–Trinajstić information content (AvgIpc) is 2.87. The number of hydrogen-bond donors (Lipinski definition) is 1. The smallest absolute Gasteiger partial charge is 0.225 e. The molecule has 2 aliphatic heterocycles. The largest absolute Gasteiger partial charge is 0.497 e. The first kappa shape index (κ1) is 20.4. The second-order valence-corrected chi connectivity index (χ2v) is 8.40. The molecule has 0 aliphatic carbocycles. The van der Waals surface area contributed by atoms with Gasteiger partial charge in [0, 0.05) is 44.1 Å². The molecule has 1 saturated heterocycles. The number of amides is 1. The Hall–Kier alpha value is -3.54. The Morgan fingerprint density at radius 2 is 1.94 bits per heavy atom. The topological polar surface area (TPSA) is 57.7 Å². The monoisotopic (exact) mass is 428 g/mol.